The number of anilines is 3. The molecule has 3 amide bonds. The first-order valence-electron chi connectivity index (χ1n) is 11.7. The average molecular weight is 629 g/mol. The summed E-state index contributed by atoms with van der Waals surface area (Å²) in [6, 6.07) is 14.8. The third-order valence-corrected chi connectivity index (χ3v) is 7.94. The van der Waals surface area contributed by atoms with Crippen molar-refractivity contribution in [1.82, 2.24) is 0 Å². The molecule has 204 valence electrons. The van der Waals surface area contributed by atoms with E-state index in [4.69, 9.17) is 63.7 Å². The summed E-state index contributed by atoms with van der Waals surface area (Å²) in [6.07, 6.45) is 0.204. The topological polar surface area (TPSA) is 113 Å². The number of hydrogen-bond donors (Lipinski definition) is 4. The maximum absolute atomic E-state index is 13.1. The number of benzene rings is 3. The Bertz CT molecular complexity index is 1440. The number of aryl methyl sites for hydroxylation is 1. The number of carbonyl (C=O) groups is 3. The molecule has 0 saturated heterocycles. The fourth-order valence-corrected chi connectivity index (χ4v) is 5.83. The standard InChI is InChI=1S/C27H23Cl5N4O3/c1-13-8-17(34-7-6-22(33)37)3-5-21(13)36-25(38)19-12-18(2-4-20(19)30)35-26(39)24-23(27(24,31)32)14-9-15(28)11-16(29)10-14/h2-5,8-12,23-24,34H,6-7H2,1H3,(H2,33,37)(H,35,39)(H,36,38)/t23-,24+/m0/s1. The van der Waals surface area contributed by atoms with Crippen LogP contribution in [0.5, 0.6) is 0 Å². The quantitative estimate of drug-likeness (QED) is 0.191. The van der Waals surface area contributed by atoms with Crippen molar-refractivity contribution in [2.45, 2.75) is 23.6 Å². The van der Waals surface area contributed by atoms with Crippen LogP contribution in [0.2, 0.25) is 15.1 Å². The van der Waals surface area contributed by atoms with E-state index in [-0.39, 0.29) is 17.0 Å². The lowest BCUT2D eigenvalue weighted by Gasteiger charge is -2.13. The Morgan fingerprint density at radius 1 is 0.897 bits per heavy atom. The van der Waals surface area contributed by atoms with Gasteiger partial charge in [-0.05, 0) is 72.6 Å². The van der Waals surface area contributed by atoms with Crippen LogP contribution in [-0.2, 0) is 9.59 Å². The summed E-state index contributed by atoms with van der Waals surface area (Å²) >= 11 is 31.4. The molecule has 1 fully saturated rings. The monoisotopic (exact) mass is 626 g/mol. The minimum atomic E-state index is -1.34. The van der Waals surface area contributed by atoms with Crippen molar-refractivity contribution in [3.63, 3.8) is 0 Å². The Labute approximate surface area is 250 Å². The van der Waals surface area contributed by atoms with Gasteiger partial charge in [-0.25, -0.2) is 0 Å². The van der Waals surface area contributed by atoms with Crippen molar-refractivity contribution < 1.29 is 14.4 Å². The lowest BCUT2D eigenvalue weighted by molar-refractivity contribution is -0.118. The summed E-state index contributed by atoms with van der Waals surface area (Å²) in [7, 11) is 0. The normalized spacial score (nSPS) is 17.3. The third kappa shape index (κ3) is 6.91. The number of rotatable bonds is 9. The highest BCUT2D eigenvalue weighted by Gasteiger charge is 2.67. The third-order valence-electron chi connectivity index (χ3n) is 6.23. The van der Waals surface area contributed by atoms with Gasteiger partial charge in [-0.15, -0.1) is 23.2 Å². The van der Waals surface area contributed by atoms with E-state index in [2.05, 4.69) is 16.0 Å². The van der Waals surface area contributed by atoms with Gasteiger partial charge in [-0.2, -0.15) is 0 Å². The maximum Gasteiger partial charge on any atom is 0.257 e. The second kappa shape index (κ2) is 11.8. The fourth-order valence-electron chi connectivity index (χ4n) is 4.25. The smallest absolute Gasteiger partial charge is 0.257 e. The molecule has 12 heteroatoms. The van der Waals surface area contributed by atoms with E-state index in [0.717, 1.165) is 11.3 Å². The predicted octanol–water partition coefficient (Wildman–Crippen LogP) is 7.02. The zero-order chi connectivity index (χ0) is 28.5. The first-order valence-corrected chi connectivity index (χ1v) is 13.6. The van der Waals surface area contributed by atoms with Gasteiger partial charge in [0.15, 0.2) is 0 Å². The van der Waals surface area contributed by atoms with E-state index < -0.39 is 33.9 Å². The van der Waals surface area contributed by atoms with Gasteiger partial charge < -0.3 is 21.7 Å². The molecule has 0 heterocycles. The SMILES string of the molecule is Cc1cc(NCCC(N)=O)ccc1NC(=O)c1cc(NC(=O)[C@H]2[C@H](c3cc(Cl)cc(Cl)c3)C2(Cl)Cl)ccc1Cl. The summed E-state index contributed by atoms with van der Waals surface area (Å²) in [5.74, 6) is -2.56. The number of carbonyl (C=O) groups excluding carboxylic acids is 3. The molecule has 5 N–H and O–H groups in total. The second-order valence-corrected chi connectivity index (χ2v) is 11.9. The Balaban J connectivity index is 1.45. The zero-order valence-corrected chi connectivity index (χ0v) is 24.2. The summed E-state index contributed by atoms with van der Waals surface area (Å²) in [5.41, 5.74) is 8.46. The molecule has 0 spiro atoms. The van der Waals surface area contributed by atoms with Crippen molar-refractivity contribution >= 4 is 92.8 Å². The van der Waals surface area contributed by atoms with Gasteiger partial charge in [0.25, 0.3) is 5.91 Å². The van der Waals surface area contributed by atoms with Crippen molar-refractivity contribution in [1.29, 1.82) is 0 Å². The number of alkyl halides is 2. The predicted molar refractivity (Wildman–Crippen MR) is 159 cm³/mol. The van der Waals surface area contributed by atoms with Crippen molar-refractivity contribution in [3.8, 4) is 0 Å². The molecule has 3 aromatic carbocycles. The Morgan fingerprint density at radius 3 is 2.21 bits per heavy atom. The lowest BCUT2D eigenvalue weighted by Crippen LogP contribution is -2.18. The highest BCUT2D eigenvalue weighted by molar-refractivity contribution is 6.53. The molecule has 39 heavy (non-hydrogen) atoms. The lowest BCUT2D eigenvalue weighted by atomic mass is 10.1. The second-order valence-electron chi connectivity index (χ2n) is 9.14. The van der Waals surface area contributed by atoms with Crippen LogP contribution in [0.1, 0.15) is 33.8 Å². The summed E-state index contributed by atoms with van der Waals surface area (Å²) < 4.78 is -1.34. The van der Waals surface area contributed by atoms with E-state index in [1.165, 1.54) is 12.1 Å². The minimum Gasteiger partial charge on any atom is -0.385 e. The van der Waals surface area contributed by atoms with Crippen LogP contribution in [0.15, 0.2) is 54.6 Å². The van der Waals surface area contributed by atoms with Gasteiger partial charge in [-0.3, -0.25) is 14.4 Å². The van der Waals surface area contributed by atoms with Crippen molar-refractivity contribution in [2.75, 3.05) is 22.5 Å². The zero-order valence-electron chi connectivity index (χ0n) is 20.5. The molecule has 2 atom stereocenters. The van der Waals surface area contributed by atoms with Gasteiger partial charge in [0.05, 0.1) is 16.5 Å². The number of halogens is 5. The van der Waals surface area contributed by atoms with E-state index >= 15 is 0 Å². The van der Waals surface area contributed by atoms with E-state index in [9.17, 15) is 14.4 Å². The highest BCUT2D eigenvalue weighted by Crippen LogP contribution is 2.65. The van der Waals surface area contributed by atoms with Crippen LogP contribution >= 0.6 is 58.0 Å². The van der Waals surface area contributed by atoms with E-state index in [1.54, 1.807) is 36.4 Å². The minimum absolute atomic E-state index is 0.162. The molecule has 3 aromatic rings. The van der Waals surface area contributed by atoms with Gasteiger partial charge in [0, 0.05) is 46.0 Å². The number of nitrogens with one attached hydrogen (secondary N) is 3. The number of primary amides is 1. The van der Waals surface area contributed by atoms with Crippen LogP contribution in [0, 0.1) is 12.8 Å². The average Bonchev–Trinajstić information content (AvgIpc) is 3.43. The van der Waals surface area contributed by atoms with Gasteiger partial charge in [0.2, 0.25) is 11.8 Å². The van der Waals surface area contributed by atoms with Crippen molar-refractivity contribution in [3.05, 3.63) is 86.4 Å². The largest absolute Gasteiger partial charge is 0.385 e. The molecule has 1 aliphatic rings. The molecule has 0 aromatic heterocycles. The van der Waals surface area contributed by atoms with E-state index in [0.29, 0.717) is 33.5 Å². The highest BCUT2D eigenvalue weighted by atomic mass is 35.5. The Hall–Kier alpha value is -2.68. The molecule has 0 bridgehead atoms. The molecular weight excluding hydrogens is 606 g/mol. The first kappa shape index (κ1) is 29.3. The number of amides is 3. The Kier molecular flexibility index (Phi) is 8.88. The van der Waals surface area contributed by atoms with Crippen LogP contribution < -0.4 is 21.7 Å². The van der Waals surface area contributed by atoms with Gasteiger partial charge in [0.1, 0.15) is 4.33 Å². The number of nitrogens with two attached hydrogens (primary N) is 1. The number of hydrogen-bond acceptors (Lipinski definition) is 4. The van der Waals surface area contributed by atoms with Crippen LogP contribution in [-0.4, -0.2) is 28.6 Å². The fraction of sp³-hybridized carbons (Fsp3) is 0.222. The van der Waals surface area contributed by atoms with Crippen LogP contribution in [0.3, 0.4) is 0 Å². The van der Waals surface area contributed by atoms with Gasteiger partial charge >= 0.3 is 0 Å². The Morgan fingerprint density at radius 2 is 1.56 bits per heavy atom. The van der Waals surface area contributed by atoms with Crippen LogP contribution in [0.4, 0.5) is 17.1 Å². The molecule has 7 nitrogen and oxygen atoms in total. The molecule has 1 saturated carbocycles. The molecular formula is C27H23Cl5N4O3. The summed E-state index contributed by atoms with van der Waals surface area (Å²) in [5, 5.41) is 9.71. The molecule has 4 rings (SSSR count). The van der Waals surface area contributed by atoms with Gasteiger partial charge in [-0.1, -0.05) is 34.8 Å². The van der Waals surface area contributed by atoms with E-state index in [1.807, 2.05) is 13.0 Å². The molecule has 0 unspecified atom stereocenters. The summed E-state index contributed by atoms with van der Waals surface area (Å²) in [4.78, 5) is 37.1. The molecule has 0 aliphatic heterocycles. The maximum atomic E-state index is 13.1. The van der Waals surface area contributed by atoms with Crippen LogP contribution in [0.25, 0.3) is 0 Å². The first-order chi connectivity index (χ1) is 18.4. The summed E-state index contributed by atoms with van der Waals surface area (Å²) in [6.45, 7) is 2.23. The van der Waals surface area contributed by atoms with Crippen molar-refractivity contribution in [2.24, 2.45) is 11.7 Å². The molecule has 0 radical (unpaired) electrons. The molecule has 1 aliphatic carbocycles.